The molecule has 0 spiro atoms. The lowest BCUT2D eigenvalue weighted by Crippen LogP contribution is -2.32. The van der Waals surface area contributed by atoms with Crippen LogP contribution in [0.5, 0.6) is 0 Å². The number of rotatable bonds is 23. The van der Waals surface area contributed by atoms with Gasteiger partial charge in [-0.05, 0) is 31.6 Å². The van der Waals surface area contributed by atoms with Crippen LogP contribution in [0.15, 0.2) is 0 Å². The summed E-state index contributed by atoms with van der Waals surface area (Å²) in [6.45, 7) is 9.25. The normalized spacial score (nSPS) is 13.1. The van der Waals surface area contributed by atoms with Crippen LogP contribution in [-0.2, 0) is 0 Å². The number of halogens is 1. The molecule has 0 fully saturated rings. The van der Waals surface area contributed by atoms with Crippen LogP contribution < -0.4 is 0 Å². The van der Waals surface area contributed by atoms with Gasteiger partial charge < -0.3 is 0 Å². The Morgan fingerprint density at radius 1 is 0.448 bits per heavy atom. The molecule has 0 saturated heterocycles. The average Bonchev–Trinajstić information content (AvgIpc) is 2.73. The number of hydrogen-bond acceptors (Lipinski definition) is 0. The smallest absolute Gasteiger partial charge is 0.0475 e. The molecule has 0 aliphatic heterocycles. The first kappa shape index (κ1) is 29.3. The molecule has 0 aliphatic rings. The van der Waals surface area contributed by atoms with E-state index in [4.69, 9.17) is 11.6 Å². The molecule has 0 rings (SSSR count). The fourth-order valence-electron chi connectivity index (χ4n) is 4.82. The second kappa shape index (κ2) is 21.5. The summed E-state index contributed by atoms with van der Waals surface area (Å²) in [6, 6.07) is 0. The topological polar surface area (TPSA) is 0 Å². The van der Waals surface area contributed by atoms with Crippen molar-refractivity contribution < 1.29 is 0 Å². The van der Waals surface area contributed by atoms with Crippen molar-refractivity contribution in [3.8, 4) is 0 Å². The van der Waals surface area contributed by atoms with E-state index >= 15 is 0 Å². The van der Waals surface area contributed by atoms with Crippen molar-refractivity contribution in [2.75, 3.05) is 0 Å². The van der Waals surface area contributed by atoms with E-state index in [0.717, 1.165) is 5.92 Å². The lowest BCUT2D eigenvalue weighted by molar-refractivity contribution is 0.268. The first-order valence-electron chi connectivity index (χ1n) is 13.8. The van der Waals surface area contributed by atoms with E-state index in [0.29, 0.717) is 0 Å². The molecule has 0 nitrogen and oxygen atoms in total. The Balaban J connectivity index is 4.08. The zero-order valence-electron chi connectivity index (χ0n) is 21.0. The first-order valence-corrected chi connectivity index (χ1v) is 14.2. The van der Waals surface area contributed by atoms with Gasteiger partial charge in [0.15, 0.2) is 0 Å². The molecule has 176 valence electrons. The summed E-state index contributed by atoms with van der Waals surface area (Å²) >= 11 is 7.34. The van der Waals surface area contributed by atoms with Crippen LogP contribution in [-0.4, -0.2) is 4.87 Å². The van der Waals surface area contributed by atoms with Crippen molar-refractivity contribution in [2.45, 2.75) is 174 Å². The summed E-state index contributed by atoms with van der Waals surface area (Å²) in [5.74, 6) is 0.741. The summed E-state index contributed by atoms with van der Waals surface area (Å²) < 4.78 is 0. The monoisotopic (exact) mass is 428 g/mol. The largest absolute Gasteiger partial charge is 0.119 e. The molecular formula is C28H57Cl. The maximum absolute atomic E-state index is 7.34. The number of unbranched alkanes of at least 4 members (excludes halogenated alkanes) is 14. The van der Waals surface area contributed by atoms with E-state index in [1.54, 1.807) is 0 Å². The summed E-state index contributed by atoms with van der Waals surface area (Å²) in [5.41, 5.74) is 0. The van der Waals surface area contributed by atoms with Gasteiger partial charge in [0, 0.05) is 4.87 Å². The molecule has 0 amide bonds. The first-order chi connectivity index (χ1) is 14.1. The van der Waals surface area contributed by atoms with Crippen molar-refractivity contribution in [1.82, 2.24) is 0 Å². The van der Waals surface area contributed by atoms with Crippen molar-refractivity contribution >= 4 is 11.6 Å². The quantitative estimate of drug-likeness (QED) is 0.112. The van der Waals surface area contributed by atoms with Crippen LogP contribution in [0, 0.1) is 5.92 Å². The minimum absolute atomic E-state index is 0.0823. The molecule has 0 N–H and O–H groups in total. The third-order valence-electron chi connectivity index (χ3n) is 6.94. The van der Waals surface area contributed by atoms with Gasteiger partial charge in [0.05, 0.1) is 0 Å². The van der Waals surface area contributed by atoms with Crippen LogP contribution in [0.3, 0.4) is 0 Å². The predicted octanol–water partition coefficient (Wildman–Crippen LogP) is 11.2. The lowest BCUT2D eigenvalue weighted by atomic mass is 9.77. The van der Waals surface area contributed by atoms with Gasteiger partial charge in [-0.15, -0.1) is 11.6 Å². The highest BCUT2D eigenvalue weighted by atomic mass is 35.5. The van der Waals surface area contributed by atoms with Crippen LogP contribution in [0.1, 0.15) is 169 Å². The summed E-state index contributed by atoms with van der Waals surface area (Å²) in [4.78, 5) is 0.0823. The molecule has 1 heteroatoms. The summed E-state index contributed by atoms with van der Waals surface area (Å²) in [5, 5.41) is 0. The Morgan fingerprint density at radius 3 is 1.21 bits per heavy atom. The maximum Gasteiger partial charge on any atom is 0.0475 e. The molecule has 0 radical (unpaired) electrons. The van der Waals surface area contributed by atoms with Crippen LogP contribution >= 0.6 is 11.6 Å². The fourth-order valence-corrected chi connectivity index (χ4v) is 5.30. The highest BCUT2D eigenvalue weighted by Crippen LogP contribution is 2.41. The van der Waals surface area contributed by atoms with E-state index < -0.39 is 0 Å². The van der Waals surface area contributed by atoms with Crippen LogP contribution in [0.2, 0.25) is 0 Å². The molecule has 0 aliphatic carbocycles. The zero-order chi connectivity index (χ0) is 21.6. The Morgan fingerprint density at radius 2 is 0.793 bits per heavy atom. The Hall–Kier alpha value is 0.290. The molecule has 0 saturated carbocycles. The van der Waals surface area contributed by atoms with Crippen LogP contribution in [0.4, 0.5) is 0 Å². The van der Waals surface area contributed by atoms with Gasteiger partial charge in [0.25, 0.3) is 0 Å². The minimum atomic E-state index is 0.0823. The van der Waals surface area contributed by atoms with Gasteiger partial charge in [0.2, 0.25) is 0 Å². The van der Waals surface area contributed by atoms with E-state index in [9.17, 15) is 0 Å². The molecule has 1 atom stereocenters. The van der Waals surface area contributed by atoms with Gasteiger partial charge in [-0.3, -0.25) is 0 Å². The third-order valence-corrected chi connectivity index (χ3v) is 7.62. The molecule has 0 aromatic carbocycles. The Labute approximate surface area is 191 Å². The van der Waals surface area contributed by atoms with E-state index in [1.165, 1.54) is 141 Å². The third kappa shape index (κ3) is 16.6. The van der Waals surface area contributed by atoms with Gasteiger partial charge in [0.1, 0.15) is 0 Å². The van der Waals surface area contributed by atoms with Gasteiger partial charge in [-0.25, -0.2) is 0 Å². The standard InChI is InChI=1S/C28H57Cl/c1-5-9-13-14-15-16-17-18-19-20-21-22-24-27(23-10-6-2)28(29,25-11-7-3)26-12-8-4/h27H,5-26H2,1-4H3. The SMILES string of the molecule is CCCCCCCCCCCCCCC(CCCC)C(Cl)(CCCC)CCCC. The Kier molecular flexibility index (Phi) is 21.7. The van der Waals surface area contributed by atoms with E-state index in [-0.39, 0.29) is 4.87 Å². The Bertz CT molecular complexity index is 303. The second-order valence-corrected chi connectivity index (χ2v) is 10.5. The predicted molar refractivity (Wildman–Crippen MR) is 136 cm³/mol. The van der Waals surface area contributed by atoms with Crippen molar-refractivity contribution in [3.05, 3.63) is 0 Å². The molecular weight excluding hydrogens is 372 g/mol. The molecule has 1 unspecified atom stereocenters. The van der Waals surface area contributed by atoms with Crippen molar-refractivity contribution in [3.63, 3.8) is 0 Å². The lowest BCUT2D eigenvalue weighted by Gasteiger charge is -2.36. The average molecular weight is 429 g/mol. The van der Waals surface area contributed by atoms with Crippen LogP contribution in [0.25, 0.3) is 0 Å². The maximum atomic E-state index is 7.34. The van der Waals surface area contributed by atoms with Gasteiger partial charge in [-0.1, -0.05) is 143 Å². The highest BCUT2D eigenvalue weighted by molar-refractivity contribution is 6.24. The van der Waals surface area contributed by atoms with E-state index in [2.05, 4.69) is 27.7 Å². The molecule has 0 aromatic heterocycles. The second-order valence-electron chi connectivity index (χ2n) is 9.76. The van der Waals surface area contributed by atoms with Crippen molar-refractivity contribution in [2.24, 2.45) is 5.92 Å². The van der Waals surface area contributed by atoms with E-state index in [1.807, 2.05) is 0 Å². The highest BCUT2D eigenvalue weighted by Gasteiger charge is 2.34. The molecule has 29 heavy (non-hydrogen) atoms. The van der Waals surface area contributed by atoms with Crippen molar-refractivity contribution in [1.29, 1.82) is 0 Å². The number of alkyl halides is 1. The molecule has 0 heterocycles. The minimum Gasteiger partial charge on any atom is -0.119 e. The molecule has 0 aromatic rings. The summed E-state index contributed by atoms with van der Waals surface area (Å²) in [6.07, 6.45) is 30.3. The zero-order valence-corrected chi connectivity index (χ0v) is 21.8. The van der Waals surface area contributed by atoms with Gasteiger partial charge >= 0.3 is 0 Å². The fraction of sp³-hybridized carbons (Fsp3) is 1.00. The number of hydrogen-bond donors (Lipinski definition) is 0. The molecule has 0 bridgehead atoms. The van der Waals surface area contributed by atoms with Gasteiger partial charge in [-0.2, -0.15) is 0 Å². The summed E-state index contributed by atoms with van der Waals surface area (Å²) in [7, 11) is 0.